The second-order valence-corrected chi connectivity index (χ2v) is 12.8. The van der Waals surface area contributed by atoms with Crippen LogP contribution in [0.25, 0.3) is 0 Å². The Hall–Kier alpha value is -3.44. The number of hydrogen-bond acceptors (Lipinski definition) is 8. The highest BCUT2D eigenvalue weighted by atomic mass is 16.7. The summed E-state index contributed by atoms with van der Waals surface area (Å²) in [5.74, 6) is 0. The molecule has 1 aliphatic heterocycles. The van der Waals surface area contributed by atoms with Crippen LogP contribution in [0.3, 0.4) is 0 Å². The van der Waals surface area contributed by atoms with Crippen molar-refractivity contribution in [3.05, 3.63) is 144 Å². The highest BCUT2D eigenvalue weighted by molar-refractivity contribution is 5.16. The van der Waals surface area contributed by atoms with Crippen LogP contribution in [0.1, 0.15) is 54.9 Å². The maximum Gasteiger partial charge on any atom is 0.186 e. The molecular formula is C42H52O8. The summed E-state index contributed by atoms with van der Waals surface area (Å²) in [6.07, 6.45) is -2.44. The van der Waals surface area contributed by atoms with Gasteiger partial charge in [0.05, 0.1) is 51.8 Å². The van der Waals surface area contributed by atoms with Crippen molar-refractivity contribution in [2.24, 2.45) is 0 Å². The van der Waals surface area contributed by atoms with Crippen LogP contribution in [0.5, 0.6) is 0 Å². The Labute approximate surface area is 296 Å². The van der Waals surface area contributed by atoms with Crippen LogP contribution in [-0.2, 0) is 54.8 Å². The molecule has 0 saturated carbocycles. The molecular weight excluding hydrogens is 632 g/mol. The van der Waals surface area contributed by atoms with Crippen molar-refractivity contribution in [1.82, 2.24) is 0 Å². The summed E-state index contributed by atoms with van der Waals surface area (Å²) in [6, 6.07) is 40.0. The molecule has 2 N–H and O–H groups in total. The number of benzene rings is 4. The predicted molar refractivity (Wildman–Crippen MR) is 192 cm³/mol. The normalized spacial score (nSPS) is 21.9. The van der Waals surface area contributed by atoms with Crippen molar-refractivity contribution in [3.63, 3.8) is 0 Å². The van der Waals surface area contributed by atoms with Gasteiger partial charge in [0.1, 0.15) is 24.4 Å². The smallest absolute Gasteiger partial charge is 0.186 e. The Morgan fingerprint density at radius 3 is 1.48 bits per heavy atom. The zero-order chi connectivity index (χ0) is 34.8. The molecule has 4 aromatic rings. The summed E-state index contributed by atoms with van der Waals surface area (Å²) >= 11 is 0. The first kappa shape index (κ1) is 37.8. The molecule has 8 heteroatoms. The maximum atomic E-state index is 10.7. The Morgan fingerprint density at radius 2 is 0.980 bits per heavy atom. The van der Waals surface area contributed by atoms with E-state index in [1.54, 1.807) is 0 Å². The zero-order valence-electron chi connectivity index (χ0n) is 29.0. The van der Waals surface area contributed by atoms with Crippen molar-refractivity contribution in [3.8, 4) is 0 Å². The third-order valence-electron chi connectivity index (χ3n) is 8.83. The van der Waals surface area contributed by atoms with Crippen LogP contribution >= 0.6 is 0 Å². The van der Waals surface area contributed by atoms with Crippen molar-refractivity contribution in [1.29, 1.82) is 0 Å². The first-order chi connectivity index (χ1) is 24.6. The van der Waals surface area contributed by atoms with Crippen LogP contribution in [-0.4, -0.2) is 66.3 Å². The zero-order valence-corrected chi connectivity index (χ0v) is 29.0. The molecule has 1 heterocycles. The standard InChI is InChI=1S/C42H52O8/c1-2-3-24-36(43)37(44)25-26-46-42-41(49-30-35-22-14-7-15-23-35)40(48-29-34-20-12-6-13-21-34)39(47-28-33-18-10-5-11-19-33)38(50-42)31-45-27-32-16-8-4-9-17-32/h4-23,36-44H,2-3,24-31H2,1H3/t36?,37-,38?,39?,40?,41?,42?/m0/s1. The molecule has 1 saturated heterocycles. The maximum absolute atomic E-state index is 10.7. The van der Waals surface area contributed by atoms with Crippen LogP contribution < -0.4 is 0 Å². The van der Waals surface area contributed by atoms with E-state index < -0.39 is 42.9 Å². The molecule has 8 nitrogen and oxygen atoms in total. The summed E-state index contributed by atoms with van der Waals surface area (Å²) in [4.78, 5) is 0. The second-order valence-electron chi connectivity index (χ2n) is 12.8. The lowest BCUT2D eigenvalue weighted by Crippen LogP contribution is -2.61. The lowest BCUT2D eigenvalue weighted by atomic mass is 9.97. The molecule has 1 aliphatic rings. The Morgan fingerprint density at radius 1 is 0.540 bits per heavy atom. The van der Waals surface area contributed by atoms with Crippen LogP contribution in [0, 0.1) is 0 Å². The fraction of sp³-hybridized carbons (Fsp3) is 0.429. The lowest BCUT2D eigenvalue weighted by molar-refractivity contribution is -0.329. The van der Waals surface area contributed by atoms with Gasteiger partial charge in [-0.25, -0.2) is 0 Å². The number of rotatable bonds is 21. The number of hydrogen-bond donors (Lipinski definition) is 2. The minimum absolute atomic E-state index is 0.152. The Balaban J connectivity index is 1.40. The lowest BCUT2D eigenvalue weighted by Gasteiger charge is -2.46. The van der Waals surface area contributed by atoms with E-state index in [0.717, 1.165) is 35.1 Å². The van der Waals surface area contributed by atoms with Gasteiger partial charge in [0.15, 0.2) is 6.29 Å². The molecule has 50 heavy (non-hydrogen) atoms. The molecule has 0 spiro atoms. The molecule has 4 aromatic carbocycles. The van der Waals surface area contributed by atoms with E-state index >= 15 is 0 Å². The van der Waals surface area contributed by atoms with Crippen LogP contribution in [0.2, 0.25) is 0 Å². The molecule has 7 atom stereocenters. The van der Waals surface area contributed by atoms with Gasteiger partial charge in [0, 0.05) is 0 Å². The fourth-order valence-corrected chi connectivity index (χ4v) is 5.98. The van der Waals surface area contributed by atoms with Gasteiger partial charge in [-0.3, -0.25) is 0 Å². The second kappa shape index (κ2) is 21.0. The molecule has 0 aliphatic carbocycles. The van der Waals surface area contributed by atoms with Crippen molar-refractivity contribution in [2.75, 3.05) is 13.2 Å². The van der Waals surface area contributed by atoms with Gasteiger partial charge < -0.3 is 38.6 Å². The van der Waals surface area contributed by atoms with Gasteiger partial charge in [-0.1, -0.05) is 141 Å². The van der Waals surface area contributed by atoms with Gasteiger partial charge in [-0.05, 0) is 35.1 Å². The van der Waals surface area contributed by atoms with Gasteiger partial charge >= 0.3 is 0 Å². The quantitative estimate of drug-likeness (QED) is 0.0969. The van der Waals surface area contributed by atoms with Crippen molar-refractivity contribution < 1.29 is 38.6 Å². The van der Waals surface area contributed by atoms with Crippen LogP contribution in [0.4, 0.5) is 0 Å². The molecule has 0 amide bonds. The van der Waals surface area contributed by atoms with Gasteiger partial charge in [-0.15, -0.1) is 0 Å². The van der Waals surface area contributed by atoms with Crippen molar-refractivity contribution >= 4 is 0 Å². The van der Waals surface area contributed by atoms with Gasteiger partial charge in [0.2, 0.25) is 0 Å². The molecule has 0 aromatic heterocycles. The number of ether oxygens (including phenoxy) is 6. The summed E-state index contributed by atoms with van der Waals surface area (Å²) in [7, 11) is 0. The highest BCUT2D eigenvalue weighted by Gasteiger charge is 2.49. The van der Waals surface area contributed by atoms with Crippen LogP contribution in [0.15, 0.2) is 121 Å². The SMILES string of the molecule is CCCCC(O)[C@@H](O)CCOC1OC(COCc2ccccc2)C(OCc2ccccc2)C(OCc2ccccc2)C1OCc1ccccc1. The number of unbranched alkanes of at least 4 members (excludes halogenated alkanes) is 1. The summed E-state index contributed by atoms with van der Waals surface area (Å²) < 4.78 is 39.4. The Bertz CT molecular complexity index is 1440. The molecule has 5 rings (SSSR count). The van der Waals surface area contributed by atoms with E-state index in [1.807, 2.05) is 121 Å². The summed E-state index contributed by atoms with van der Waals surface area (Å²) in [6.45, 7) is 3.82. The minimum Gasteiger partial charge on any atom is -0.390 e. The van der Waals surface area contributed by atoms with E-state index in [-0.39, 0.29) is 19.6 Å². The Kier molecular flexibility index (Phi) is 15.9. The van der Waals surface area contributed by atoms with E-state index in [9.17, 15) is 10.2 Å². The highest BCUT2D eigenvalue weighted by Crippen LogP contribution is 2.32. The number of aliphatic hydroxyl groups is 2. The first-order valence-electron chi connectivity index (χ1n) is 17.8. The van der Waals surface area contributed by atoms with E-state index in [2.05, 4.69) is 6.92 Å². The van der Waals surface area contributed by atoms with Gasteiger partial charge in [-0.2, -0.15) is 0 Å². The third kappa shape index (κ3) is 12.1. The monoisotopic (exact) mass is 684 g/mol. The molecule has 1 fully saturated rings. The largest absolute Gasteiger partial charge is 0.390 e. The fourth-order valence-electron chi connectivity index (χ4n) is 5.98. The van der Waals surface area contributed by atoms with Crippen molar-refractivity contribution in [2.45, 2.75) is 102 Å². The van der Waals surface area contributed by atoms with E-state index in [1.165, 1.54) is 0 Å². The molecule has 0 bridgehead atoms. The molecule has 6 unspecified atom stereocenters. The summed E-state index contributed by atoms with van der Waals surface area (Å²) in [5.41, 5.74) is 4.09. The molecule has 0 radical (unpaired) electrons. The molecule has 268 valence electrons. The average Bonchev–Trinajstić information content (AvgIpc) is 3.16. The topological polar surface area (TPSA) is 95.8 Å². The first-order valence-corrected chi connectivity index (χ1v) is 17.8. The average molecular weight is 685 g/mol. The number of aliphatic hydroxyl groups excluding tert-OH is 2. The van der Waals surface area contributed by atoms with E-state index in [4.69, 9.17) is 28.4 Å². The minimum atomic E-state index is -0.911. The predicted octanol–water partition coefficient (Wildman–Crippen LogP) is 7.00. The summed E-state index contributed by atoms with van der Waals surface area (Å²) in [5, 5.41) is 21.2. The third-order valence-corrected chi connectivity index (χ3v) is 8.83. The van der Waals surface area contributed by atoms with Gasteiger partial charge in [0.25, 0.3) is 0 Å². The van der Waals surface area contributed by atoms with E-state index in [0.29, 0.717) is 32.8 Å².